The van der Waals surface area contributed by atoms with Gasteiger partial charge < -0.3 is 15.8 Å². The smallest absolute Gasteiger partial charge is 0.215 e. The molecule has 6 rings (SSSR count). The number of nitrogen functional groups attached to an aromatic ring is 1. The predicted octanol–water partition coefficient (Wildman–Crippen LogP) is 4.44. The lowest BCUT2D eigenvalue weighted by Crippen LogP contribution is -2.09. The highest BCUT2D eigenvalue weighted by Gasteiger charge is 2.28. The Hall–Kier alpha value is -4.92. The SMILES string of the molecule is Cc1ccc(O)c(C)c1-n1c(N)c(C(=O)c2cc3ccccc3[nH]2)c2nc(-c3cnn(C)c3)cnc21. The Balaban J connectivity index is 1.66. The Kier molecular flexibility index (Phi) is 4.68. The number of aromatic nitrogens is 6. The normalized spacial score (nSPS) is 11.5. The van der Waals surface area contributed by atoms with E-state index in [4.69, 9.17) is 15.7 Å². The zero-order valence-electron chi connectivity index (χ0n) is 19.9. The first-order valence-electron chi connectivity index (χ1n) is 11.4. The number of carbonyl (C=O) groups excluding carboxylic acids is 1. The van der Waals surface area contributed by atoms with E-state index in [-0.39, 0.29) is 22.9 Å². The number of fused-ring (bicyclic) bond motifs is 2. The molecule has 0 saturated carbocycles. The number of nitrogens with two attached hydrogens (primary N) is 1. The topological polar surface area (TPSA) is 128 Å². The molecule has 0 bridgehead atoms. The number of ketones is 1. The van der Waals surface area contributed by atoms with Gasteiger partial charge in [-0.15, -0.1) is 0 Å². The fourth-order valence-electron chi connectivity index (χ4n) is 4.70. The number of benzene rings is 2. The highest BCUT2D eigenvalue weighted by Crippen LogP contribution is 2.37. The summed E-state index contributed by atoms with van der Waals surface area (Å²) in [6.45, 7) is 3.73. The Bertz CT molecular complexity index is 1790. The number of anilines is 1. The van der Waals surface area contributed by atoms with Crippen LogP contribution >= 0.6 is 0 Å². The van der Waals surface area contributed by atoms with E-state index in [2.05, 4.69) is 10.1 Å². The molecule has 0 amide bonds. The van der Waals surface area contributed by atoms with E-state index in [9.17, 15) is 9.90 Å². The van der Waals surface area contributed by atoms with Gasteiger partial charge in [-0.3, -0.25) is 14.0 Å². The number of nitrogens with one attached hydrogen (secondary N) is 1. The molecule has 0 atom stereocenters. The van der Waals surface area contributed by atoms with E-state index >= 15 is 0 Å². The highest BCUT2D eigenvalue weighted by atomic mass is 16.3. The quantitative estimate of drug-likeness (QED) is 0.322. The van der Waals surface area contributed by atoms with Crippen LogP contribution in [0.5, 0.6) is 5.75 Å². The van der Waals surface area contributed by atoms with Crippen molar-refractivity contribution in [1.82, 2.24) is 29.3 Å². The molecule has 6 aromatic rings. The molecular weight excluding hydrogens is 454 g/mol. The van der Waals surface area contributed by atoms with Crippen LogP contribution < -0.4 is 5.73 Å². The van der Waals surface area contributed by atoms with Crippen LogP contribution in [0.25, 0.3) is 39.0 Å². The van der Waals surface area contributed by atoms with E-state index in [1.807, 2.05) is 50.5 Å². The number of carbonyl (C=O) groups is 1. The van der Waals surface area contributed by atoms with Crippen LogP contribution in [0, 0.1) is 13.8 Å². The van der Waals surface area contributed by atoms with Crippen LogP contribution in [0.3, 0.4) is 0 Å². The van der Waals surface area contributed by atoms with Gasteiger partial charge in [-0.25, -0.2) is 9.97 Å². The number of aryl methyl sites for hydroxylation is 2. The minimum absolute atomic E-state index is 0.125. The number of phenolic OH excluding ortho intramolecular Hbond substituents is 1. The minimum Gasteiger partial charge on any atom is -0.508 e. The number of phenols is 1. The molecule has 178 valence electrons. The second-order valence-electron chi connectivity index (χ2n) is 8.90. The summed E-state index contributed by atoms with van der Waals surface area (Å²) < 4.78 is 3.38. The summed E-state index contributed by atoms with van der Waals surface area (Å²) in [5.74, 6) is 0.0367. The molecule has 9 heteroatoms. The van der Waals surface area contributed by atoms with Crippen molar-refractivity contribution in [2.75, 3.05) is 5.73 Å². The van der Waals surface area contributed by atoms with E-state index in [0.29, 0.717) is 33.8 Å². The monoisotopic (exact) mass is 477 g/mol. The standard InChI is InChI=1S/C27H23N7O2/c1-14-8-9-21(35)15(2)24(14)34-26(28)22(25(36)19-10-16-6-4-5-7-18(16)31-19)23-27(34)29-12-20(32-23)17-11-30-33(3)13-17/h4-13,31,35H,28H2,1-3H3. The van der Waals surface area contributed by atoms with Crippen molar-refractivity contribution in [1.29, 1.82) is 0 Å². The van der Waals surface area contributed by atoms with Crippen LogP contribution in [0.4, 0.5) is 5.82 Å². The van der Waals surface area contributed by atoms with Gasteiger partial charge in [0.1, 0.15) is 17.1 Å². The number of H-pyrrole nitrogens is 1. The van der Waals surface area contributed by atoms with E-state index in [0.717, 1.165) is 22.0 Å². The third-order valence-corrected chi connectivity index (χ3v) is 6.53. The van der Waals surface area contributed by atoms with E-state index in [1.54, 1.807) is 40.7 Å². The molecule has 0 aliphatic rings. The van der Waals surface area contributed by atoms with Crippen molar-refractivity contribution in [2.24, 2.45) is 7.05 Å². The fourth-order valence-corrected chi connectivity index (χ4v) is 4.70. The van der Waals surface area contributed by atoms with Crippen LogP contribution in [0.15, 0.2) is 61.1 Å². The third-order valence-electron chi connectivity index (χ3n) is 6.53. The maximum atomic E-state index is 13.9. The van der Waals surface area contributed by atoms with Crippen molar-refractivity contribution in [3.05, 3.63) is 83.4 Å². The maximum Gasteiger partial charge on any atom is 0.215 e. The molecule has 0 aliphatic carbocycles. The Labute approximate surface area is 205 Å². The zero-order valence-corrected chi connectivity index (χ0v) is 19.9. The first kappa shape index (κ1) is 21.6. The van der Waals surface area contributed by atoms with Gasteiger partial charge >= 0.3 is 0 Å². The van der Waals surface area contributed by atoms with Gasteiger partial charge in [0, 0.05) is 35.3 Å². The van der Waals surface area contributed by atoms with E-state index in [1.165, 1.54) is 0 Å². The summed E-state index contributed by atoms with van der Waals surface area (Å²) in [7, 11) is 1.82. The number of hydrogen-bond donors (Lipinski definition) is 3. The number of aromatic hydroxyl groups is 1. The van der Waals surface area contributed by atoms with Gasteiger partial charge in [0.05, 0.1) is 35.0 Å². The van der Waals surface area contributed by atoms with Gasteiger partial charge in [-0.05, 0) is 37.6 Å². The lowest BCUT2D eigenvalue weighted by atomic mass is 10.1. The van der Waals surface area contributed by atoms with Crippen molar-refractivity contribution < 1.29 is 9.90 Å². The second kappa shape index (κ2) is 7.81. The summed E-state index contributed by atoms with van der Waals surface area (Å²) in [4.78, 5) is 26.7. The van der Waals surface area contributed by atoms with Crippen molar-refractivity contribution in [3.63, 3.8) is 0 Å². The molecule has 4 N–H and O–H groups in total. The summed E-state index contributed by atoms with van der Waals surface area (Å²) in [5, 5.41) is 15.6. The average molecular weight is 478 g/mol. The zero-order chi connectivity index (χ0) is 25.1. The van der Waals surface area contributed by atoms with Gasteiger partial charge in [0.2, 0.25) is 5.78 Å². The number of rotatable bonds is 4. The fraction of sp³-hybridized carbons (Fsp3) is 0.111. The van der Waals surface area contributed by atoms with Gasteiger partial charge in [0.15, 0.2) is 5.65 Å². The van der Waals surface area contributed by atoms with Crippen LogP contribution in [-0.2, 0) is 7.05 Å². The molecule has 9 nitrogen and oxygen atoms in total. The summed E-state index contributed by atoms with van der Waals surface area (Å²) in [6, 6.07) is 12.9. The molecule has 36 heavy (non-hydrogen) atoms. The summed E-state index contributed by atoms with van der Waals surface area (Å²) >= 11 is 0. The Morgan fingerprint density at radius 3 is 2.67 bits per heavy atom. The highest BCUT2D eigenvalue weighted by molar-refractivity contribution is 6.19. The van der Waals surface area contributed by atoms with Crippen molar-refractivity contribution in [3.8, 4) is 22.7 Å². The second-order valence-corrected chi connectivity index (χ2v) is 8.90. The van der Waals surface area contributed by atoms with Gasteiger partial charge in [-0.1, -0.05) is 24.3 Å². The molecular formula is C27H23N7O2. The first-order chi connectivity index (χ1) is 17.3. The summed E-state index contributed by atoms with van der Waals surface area (Å²) in [6.07, 6.45) is 5.16. The van der Waals surface area contributed by atoms with Crippen LogP contribution in [0.2, 0.25) is 0 Å². The summed E-state index contributed by atoms with van der Waals surface area (Å²) in [5.41, 5.74) is 12.5. The lowest BCUT2D eigenvalue weighted by Gasteiger charge is -2.15. The molecule has 0 unspecified atom stereocenters. The molecule has 0 saturated heterocycles. The molecule has 0 spiro atoms. The lowest BCUT2D eigenvalue weighted by molar-refractivity contribution is 0.103. The van der Waals surface area contributed by atoms with E-state index < -0.39 is 0 Å². The number of nitrogens with zero attached hydrogens (tertiary/aromatic N) is 5. The Morgan fingerprint density at radius 1 is 1.11 bits per heavy atom. The minimum atomic E-state index is -0.291. The molecule has 0 aliphatic heterocycles. The molecule has 0 fully saturated rings. The van der Waals surface area contributed by atoms with Crippen LogP contribution in [0.1, 0.15) is 27.2 Å². The maximum absolute atomic E-state index is 13.9. The number of para-hydroxylation sites is 1. The number of aromatic amines is 1. The molecule has 4 aromatic heterocycles. The largest absolute Gasteiger partial charge is 0.508 e. The number of hydrogen-bond acceptors (Lipinski definition) is 6. The van der Waals surface area contributed by atoms with Gasteiger partial charge in [-0.2, -0.15) is 5.10 Å². The third kappa shape index (κ3) is 3.17. The Morgan fingerprint density at radius 2 is 1.92 bits per heavy atom. The molecule has 0 radical (unpaired) electrons. The first-order valence-corrected chi connectivity index (χ1v) is 11.4. The molecule has 2 aromatic carbocycles. The van der Waals surface area contributed by atoms with Gasteiger partial charge in [0.25, 0.3) is 0 Å². The van der Waals surface area contributed by atoms with Crippen molar-refractivity contribution in [2.45, 2.75) is 13.8 Å². The van der Waals surface area contributed by atoms with Crippen molar-refractivity contribution >= 4 is 33.7 Å². The average Bonchev–Trinajstić information content (AvgIpc) is 3.57. The van der Waals surface area contributed by atoms with Crippen LogP contribution in [-0.4, -0.2) is 40.2 Å². The molecule has 4 heterocycles. The predicted molar refractivity (Wildman–Crippen MR) is 138 cm³/mol.